The maximum Gasteiger partial charge on any atom is 0.182 e. The zero-order valence-corrected chi connectivity index (χ0v) is 9.51. The summed E-state index contributed by atoms with van der Waals surface area (Å²) < 4.78 is 2.03. The predicted octanol–water partition coefficient (Wildman–Crippen LogP) is 1.13. The highest BCUT2D eigenvalue weighted by Crippen LogP contribution is 2.15. The normalized spacial score (nSPS) is 10.7. The van der Waals surface area contributed by atoms with E-state index in [4.69, 9.17) is 5.73 Å². The van der Waals surface area contributed by atoms with Crippen LogP contribution in [0.25, 0.3) is 11.5 Å². The molecule has 0 saturated heterocycles. The van der Waals surface area contributed by atoms with Gasteiger partial charge >= 0.3 is 0 Å². The van der Waals surface area contributed by atoms with Crippen LogP contribution in [0.2, 0.25) is 0 Å². The van der Waals surface area contributed by atoms with E-state index in [9.17, 15) is 0 Å². The zero-order valence-electron chi connectivity index (χ0n) is 9.51. The molecule has 0 aromatic carbocycles. The summed E-state index contributed by atoms with van der Waals surface area (Å²) >= 11 is 0. The molecule has 16 heavy (non-hydrogen) atoms. The number of pyridine rings is 1. The van der Waals surface area contributed by atoms with Crippen molar-refractivity contribution >= 4 is 0 Å². The molecule has 0 saturated carbocycles. The van der Waals surface area contributed by atoms with Crippen LogP contribution >= 0.6 is 0 Å². The number of nitrogens with two attached hydrogens (primary N) is 1. The first-order valence-electron chi connectivity index (χ1n) is 5.31. The second-order valence-electron chi connectivity index (χ2n) is 3.57. The molecule has 5 heteroatoms. The van der Waals surface area contributed by atoms with Crippen molar-refractivity contribution < 1.29 is 0 Å². The van der Waals surface area contributed by atoms with E-state index >= 15 is 0 Å². The molecule has 0 amide bonds. The molecule has 2 rings (SSSR count). The lowest BCUT2D eigenvalue weighted by atomic mass is 10.2. The molecule has 5 nitrogen and oxygen atoms in total. The van der Waals surface area contributed by atoms with Gasteiger partial charge in [0.05, 0.1) is 0 Å². The molecule has 0 bridgehead atoms. The van der Waals surface area contributed by atoms with Gasteiger partial charge in [0, 0.05) is 19.3 Å². The number of hydrogen-bond acceptors (Lipinski definition) is 4. The number of hydrogen-bond donors (Lipinski definition) is 1. The van der Waals surface area contributed by atoms with Crippen LogP contribution in [0, 0.1) is 6.92 Å². The molecule has 0 spiro atoms. The maximum absolute atomic E-state index is 5.53. The molecule has 0 aliphatic rings. The minimum Gasteiger partial charge on any atom is -0.326 e. The molecule has 2 aromatic rings. The van der Waals surface area contributed by atoms with Crippen molar-refractivity contribution in [3.05, 3.63) is 29.7 Å². The highest BCUT2D eigenvalue weighted by Gasteiger charge is 2.10. The largest absolute Gasteiger partial charge is 0.326 e. The van der Waals surface area contributed by atoms with Gasteiger partial charge < -0.3 is 10.3 Å². The standard InChI is InChI=1S/C11H15N5/c1-3-16-8(2)14-15-11(16)10-5-4-9(6-12)7-13-10/h4-5,7H,3,6,12H2,1-2H3. The molecule has 0 fully saturated rings. The van der Waals surface area contributed by atoms with E-state index < -0.39 is 0 Å². The van der Waals surface area contributed by atoms with Gasteiger partial charge in [-0.2, -0.15) is 0 Å². The Kier molecular flexibility index (Phi) is 2.96. The molecule has 84 valence electrons. The molecule has 0 aliphatic carbocycles. The fraction of sp³-hybridized carbons (Fsp3) is 0.364. The molecule has 0 aliphatic heterocycles. The second kappa shape index (κ2) is 4.40. The number of aryl methyl sites for hydroxylation is 1. The lowest BCUT2D eigenvalue weighted by Gasteiger charge is -2.04. The Labute approximate surface area is 94.3 Å². The van der Waals surface area contributed by atoms with Crippen molar-refractivity contribution in [3.8, 4) is 11.5 Å². The summed E-state index contributed by atoms with van der Waals surface area (Å²) in [5.74, 6) is 1.71. The number of nitrogens with zero attached hydrogens (tertiary/aromatic N) is 4. The molecule has 2 N–H and O–H groups in total. The van der Waals surface area contributed by atoms with Crippen molar-refractivity contribution in [3.63, 3.8) is 0 Å². The highest BCUT2D eigenvalue weighted by atomic mass is 15.3. The van der Waals surface area contributed by atoms with Gasteiger partial charge in [0.2, 0.25) is 0 Å². The van der Waals surface area contributed by atoms with Gasteiger partial charge in [-0.05, 0) is 25.5 Å². The van der Waals surface area contributed by atoms with Crippen LogP contribution in [0.15, 0.2) is 18.3 Å². The Bertz CT molecular complexity index is 472. The van der Waals surface area contributed by atoms with E-state index in [-0.39, 0.29) is 0 Å². The smallest absolute Gasteiger partial charge is 0.182 e. The summed E-state index contributed by atoms with van der Waals surface area (Å²) in [7, 11) is 0. The molecular weight excluding hydrogens is 202 g/mol. The Balaban J connectivity index is 2.42. The fourth-order valence-electron chi connectivity index (χ4n) is 1.63. The van der Waals surface area contributed by atoms with Crippen LogP contribution in [0.1, 0.15) is 18.3 Å². The van der Waals surface area contributed by atoms with Crippen LogP contribution in [0.3, 0.4) is 0 Å². The zero-order chi connectivity index (χ0) is 11.5. The van der Waals surface area contributed by atoms with Crippen LogP contribution in [0.5, 0.6) is 0 Å². The molecule has 0 radical (unpaired) electrons. The minimum absolute atomic E-state index is 0.507. The SMILES string of the molecule is CCn1c(C)nnc1-c1ccc(CN)cn1. The third-order valence-corrected chi connectivity index (χ3v) is 2.54. The van der Waals surface area contributed by atoms with Crippen LogP contribution < -0.4 is 5.73 Å². The second-order valence-corrected chi connectivity index (χ2v) is 3.57. The third kappa shape index (κ3) is 1.81. The molecule has 0 atom stereocenters. The average molecular weight is 217 g/mol. The van der Waals surface area contributed by atoms with Crippen molar-refractivity contribution in [1.82, 2.24) is 19.7 Å². The predicted molar refractivity (Wildman–Crippen MR) is 61.6 cm³/mol. The van der Waals surface area contributed by atoms with E-state index in [2.05, 4.69) is 22.1 Å². The topological polar surface area (TPSA) is 69.6 Å². The monoisotopic (exact) mass is 217 g/mol. The molecule has 2 aromatic heterocycles. The van der Waals surface area contributed by atoms with Gasteiger partial charge in [-0.15, -0.1) is 10.2 Å². The van der Waals surface area contributed by atoms with E-state index in [1.807, 2.05) is 23.6 Å². The first kappa shape index (κ1) is 10.8. The summed E-state index contributed by atoms with van der Waals surface area (Å²) in [4.78, 5) is 4.34. The number of aromatic nitrogens is 4. The Morgan fingerprint density at radius 1 is 1.31 bits per heavy atom. The Morgan fingerprint density at radius 2 is 2.12 bits per heavy atom. The molecule has 2 heterocycles. The van der Waals surface area contributed by atoms with Crippen molar-refractivity contribution in [2.75, 3.05) is 0 Å². The van der Waals surface area contributed by atoms with Gasteiger partial charge in [0.25, 0.3) is 0 Å². The summed E-state index contributed by atoms with van der Waals surface area (Å²) in [6.45, 7) is 5.35. The Hall–Kier alpha value is -1.75. The van der Waals surface area contributed by atoms with Crippen LogP contribution in [-0.2, 0) is 13.1 Å². The lowest BCUT2D eigenvalue weighted by molar-refractivity contribution is 0.734. The summed E-state index contributed by atoms with van der Waals surface area (Å²) in [6.07, 6.45) is 1.78. The van der Waals surface area contributed by atoms with Gasteiger partial charge in [-0.25, -0.2) is 0 Å². The maximum atomic E-state index is 5.53. The van der Waals surface area contributed by atoms with Gasteiger partial charge in [-0.1, -0.05) is 6.07 Å². The van der Waals surface area contributed by atoms with Gasteiger partial charge in [0.1, 0.15) is 11.5 Å². The van der Waals surface area contributed by atoms with Crippen molar-refractivity contribution in [2.24, 2.45) is 5.73 Å². The van der Waals surface area contributed by atoms with Gasteiger partial charge in [-0.3, -0.25) is 4.98 Å². The van der Waals surface area contributed by atoms with Crippen LogP contribution in [-0.4, -0.2) is 19.7 Å². The van der Waals surface area contributed by atoms with E-state index in [1.54, 1.807) is 6.20 Å². The van der Waals surface area contributed by atoms with Crippen molar-refractivity contribution in [2.45, 2.75) is 26.9 Å². The van der Waals surface area contributed by atoms with E-state index in [0.29, 0.717) is 6.54 Å². The molecule has 0 unspecified atom stereocenters. The third-order valence-electron chi connectivity index (χ3n) is 2.54. The average Bonchev–Trinajstić information content (AvgIpc) is 2.70. The summed E-state index contributed by atoms with van der Waals surface area (Å²) in [5.41, 5.74) is 7.38. The quantitative estimate of drug-likeness (QED) is 0.836. The minimum atomic E-state index is 0.507. The fourth-order valence-corrected chi connectivity index (χ4v) is 1.63. The lowest BCUT2D eigenvalue weighted by Crippen LogP contribution is -2.02. The highest BCUT2D eigenvalue weighted by molar-refractivity contribution is 5.49. The molecular formula is C11H15N5. The van der Waals surface area contributed by atoms with Gasteiger partial charge in [0.15, 0.2) is 5.82 Å². The Morgan fingerprint density at radius 3 is 2.69 bits per heavy atom. The summed E-state index contributed by atoms with van der Waals surface area (Å²) in [6, 6.07) is 3.89. The van der Waals surface area contributed by atoms with E-state index in [0.717, 1.165) is 29.5 Å². The van der Waals surface area contributed by atoms with E-state index in [1.165, 1.54) is 0 Å². The number of rotatable bonds is 3. The first-order chi connectivity index (χ1) is 7.76. The summed E-state index contributed by atoms with van der Waals surface area (Å²) in [5, 5.41) is 8.19. The first-order valence-corrected chi connectivity index (χ1v) is 5.31. The van der Waals surface area contributed by atoms with Crippen LogP contribution in [0.4, 0.5) is 0 Å². The van der Waals surface area contributed by atoms with Crippen molar-refractivity contribution in [1.29, 1.82) is 0 Å².